The van der Waals surface area contributed by atoms with Crippen LogP contribution in [-0.2, 0) is 10.8 Å². The van der Waals surface area contributed by atoms with Crippen LogP contribution in [0.3, 0.4) is 0 Å². The third-order valence-corrected chi connectivity index (χ3v) is 23.2. The van der Waals surface area contributed by atoms with Gasteiger partial charge in [0.2, 0.25) is 0 Å². The molecule has 0 saturated carbocycles. The lowest BCUT2D eigenvalue weighted by atomic mass is 9.82. The average Bonchev–Trinajstić information content (AvgIpc) is 1.59. The Labute approximate surface area is 614 Å². The zero-order valence-electron chi connectivity index (χ0n) is 59.2. The number of rotatable bonds is 8. The molecule has 2 aliphatic rings. The number of pyridine rings is 2. The molecule has 14 aromatic carbocycles. The summed E-state index contributed by atoms with van der Waals surface area (Å²) in [6.45, 7) is 9.38. The number of hydrogen-bond acceptors (Lipinski definition) is 2. The van der Waals surface area contributed by atoms with E-state index in [1.165, 1.54) is 165 Å². The first kappa shape index (κ1) is 61.3. The lowest BCUT2D eigenvalue weighted by molar-refractivity contribution is 0.660. The molecule has 0 radical (unpaired) electrons. The van der Waals surface area contributed by atoms with E-state index in [9.17, 15) is 0 Å². The molecule has 0 bridgehead atoms. The van der Waals surface area contributed by atoms with Crippen LogP contribution in [0.2, 0.25) is 0 Å². The molecule has 6 nitrogen and oxygen atoms in total. The monoisotopic (exact) mass is 1350 g/mol. The average molecular weight is 1360 g/mol. The summed E-state index contributed by atoms with van der Waals surface area (Å²) in [5, 5.41) is 9.86. The summed E-state index contributed by atoms with van der Waals surface area (Å²) < 4.78 is 9.58. The highest BCUT2D eigenvalue weighted by molar-refractivity contribution is 6.15. The van der Waals surface area contributed by atoms with Crippen molar-refractivity contribution in [3.8, 4) is 89.5 Å². The van der Waals surface area contributed by atoms with Crippen molar-refractivity contribution in [3.63, 3.8) is 0 Å². The van der Waals surface area contributed by atoms with Gasteiger partial charge >= 0.3 is 0 Å². The van der Waals surface area contributed by atoms with E-state index in [0.717, 1.165) is 33.8 Å². The SMILES string of the molecule is CC1(C)c2ccccc2-c2ccc(-n3c4ccc(-c5ccc6c(c5)c5ccccc5n6-c5ccc(-c6ccccc6)cc5)cc4c4ccncc43)cc21.CC1(C)c2ccccc2-c2ccc(-n3c4ccc(-c5ccc6c(c5)c5ccccc5n6-c5cccc(-c6ccccc6)c5)cc4c4ccncc43)cc21. The van der Waals surface area contributed by atoms with Gasteiger partial charge in [-0.1, -0.05) is 234 Å². The highest BCUT2D eigenvalue weighted by Crippen LogP contribution is 2.52. The van der Waals surface area contributed by atoms with Crippen LogP contribution < -0.4 is 0 Å². The summed E-state index contributed by atoms with van der Waals surface area (Å²) in [4.78, 5) is 9.19. The van der Waals surface area contributed by atoms with Crippen molar-refractivity contribution in [1.29, 1.82) is 0 Å². The Morgan fingerprint density at radius 1 is 0.198 bits per heavy atom. The van der Waals surface area contributed by atoms with Gasteiger partial charge in [-0.3, -0.25) is 9.97 Å². The van der Waals surface area contributed by atoms with Gasteiger partial charge in [0.25, 0.3) is 0 Å². The predicted octanol–water partition coefficient (Wildman–Crippen LogP) is 25.8. The summed E-state index contributed by atoms with van der Waals surface area (Å²) in [7, 11) is 0. The van der Waals surface area contributed by atoms with Gasteiger partial charge < -0.3 is 18.3 Å². The van der Waals surface area contributed by atoms with Gasteiger partial charge in [0.15, 0.2) is 0 Å². The van der Waals surface area contributed by atoms with Crippen LogP contribution in [0.5, 0.6) is 0 Å². The Kier molecular flexibility index (Phi) is 13.6. The first-order valence-corrected chi connectivity index (χ1v) is 36.7. The summed E-state index contributed by atoms with van der Waals surface area (Å²) in [6.07, 6.45) is 7.84. The summed E-state index contributed by atoms with van der Waals surface area (Å²) >= 11 is 0. The van der Waals surface area contributed by atoms with E-state index in [1.807, 2.05) is 24.8 Å². The Morgan fingerprint density at radius 3 is 0.972 bits per heavy atom. The highest BCUT2D eigenvalue weighted by Gasteiger charge is 2.37. The first-order valence-electron chi connectivity index (χ1n) is 36.7. The first-order chi connectivity index (χ1) is 52.1. The van der Waals surface area contributed by atoms with Crippen molar-refractivity contribution in [2.75, 3.05) is 0 Å². The second kappa shape index (κ2) is 23.6. The molecule has 106 heavy (non-hydrogen) atoms. The Hall–Kier alpha value is -13.4. The molecule has 2 aliphatic carbocycles. The van der Waals surface area contributed by atoms with E-state index in [2.05, 4.69) is 384 Å². The van der Waals surface area contributed by atoms with Crippen molar-refractivity contribution >= 4 is 87.2 Å². The molecule has 0 spiro atoms. The molecule has 0 unspecified atom stereocenters. The molecule has 20 aromatic rings. The Morgan fingerprint density at radius 2 is 0.509 bits per heavy atom. The molecule has 6 heterocycles. The van der Waals surface area contributed by atoms with Gasteiger partial charge in [0.05, 0.1) is 56.5 Å². The minimum atomic E-state index is -0.0709. The fourth-order valence-corrected chi connectivity index (χ4v) is 18.1. The van der Waals surface area contributed by atoms with Gasteiger partial charge in [0, 0.05) is 89.1 Å². The van der Waals surface area contributed by atoms with Crippen LogP contribution in [-0.4, -0.2) is 28.2 Å². The molecule has 0 N–H and O–H groups in total. The maximum Gasteiger partial charge on any atom is 0.0724 e. The third kappa shape index (κ3) is 9.37. The molecule has 0 saturated heterocycles. The minimum absolute atomic E-state index is 0.0699. The zero-order valence-corrected chi connectivity index (χ0v) is 59.2. The van der Waals surface area contributed by atoms with Crippen molar-refractivity contribution in [1.82, 2.24) is 28.2 Å². The van der Waals surface area contributed by atoms with E-state index in [0.29, 0.717) is 0 Å². The van der Waals surface area contributed by atoms with Crippen LogP contribution in [0.1, 0.15) is 49.9 Å². The third-order valence-electron chi connectivity index (χ3n) is 23.2. The lowest BCUT2D eigenvalue weighted by Crippen LogP contribution is -2.15. The van der Waals surface area contributed by atoms with Crippen LogP contribution in [0.15, 0.2) is 352 Å². The standard InChI is InChI=1S/2C50H35N3/c1-50(2)44-17-8-6-15-38(44)39-22-21-37(30-45(39)50)53-48-24-20-35(29-43(48)41-25-26-51-31-49(41)53)34-19-23-47-42(28-34)40-16-7-9-18-46(40)52(47)36-14-10-13-33(27-36)32-11-4-3-5-12-32;1-50(2)44-14-8-6-12-38(44)39-23-22-37(30-45(39)50)53-48-25-19-35(29-43(48)41-26-27-51-31-49(41)53)34-18-24-47-42(28-34)40-13-7-9-15-46(40)52(47)36-20-16-33(17-21-36)32-10-4-3-5-11-32/h2*3-31H,1-2H3. The Bertz CT molecular complexity index is 7000. The van der Waals surface area contributed by atoms with Gasteiger partial charge in [-0.05, 0) is 210 Å². The fraction of sp³-hybridized carbons (Fsp3) is 0.0600. The van der Waals surface area contributed by atoms with Crippen LogP contribution >= 0.6 is 0 Å². The number of nitrogens with zero attached hydrogens (tertiary/aromatic N) is 6. The molecule has 6 aromatic heterocycles. The van der Waals surface area contributed by atoms with Crippen molar-refractivity contribution < 1.29 is 0 Å². The molecule has 22 rings (SSSR count). The van der Waals surface area contributed by atoms with Gasteiger partial charge in [0.1, 0.15) is 0 Å². The van der Waals surface area contributed by atoms with Crippen molar-refractivity contribution in [3.05, 3.63) is 375 Å². The largest absolute Gasteiger partial charge is 0.309 e. The molecule has 0 atom stereocenters. The van der Waals surface area contributed by atoms with E-state index < -0.39 is 0 Å². The quantitative estimate of drug-likeness (QED) is 0.152. The fourth-order valence-electron chi connectivity index (χ4n) is 18.1. The predicted molar refractivity (Wildman–Crippen MR) is 443 cm³/mol. The smallest absolute Gasteiger partial charge is 0.0724 e. The lowest BCUT2D eigenvalue weighted by Gasteiger charge is -2.22. The second-order valence-corrected chi connectivity index (χ2v) is 29.7. The maximum absolute atomic E-state index is 4.60. The van der Waals surface area contributed by atoms with Gasteiger partial charge in [-0.15, -0.1) is 0 Å². The molecular weight excluding hydrogens is 1290 g/mol. The van der Waals surface area contributed by atoms with Crippen molar-refractivity contribution in [2.24, 2.45) is 0 Å². The number of fused-ring (bicyclic) bond motifs is 18. The molecule has 6 heteroatoms. The molecule has 0 aliphatic heterocycles. The molecule has 0 amide bonds. The van der Waals surface area contributed by atoms with E-state index in [4.69, 9.17) is 0 Å². The van der Waals surface area contributed by atoms with E-state index in [1.54, 1.807) is 0 Å². The van der Waals surface area contributed by atoms with Crippen LogP contribution in [0.25, 0.3) is 177 Å². The summed E-state index contributed by atoms with van der Waals surface area (Å²) in [5.74, 6) is 0. The number of aromatic nitrogens is 6. The van der Waals surface area contributed by atoms with Crippen molar-refractivity contribution in [2.45, 2.75) is 38.5 Å². The van der Waals surface area contributed by atoms with E-state index in [-0.39, 0.29) is 10.8 Å². The summed E-state index contributed by atoms with van der Waals surface area (Å²) in [6, 6.07) is 120. The van der Waals surface area contributed by atoms with Crippen LogP contribution in [0, 0.1) is 0 Å². The Balaban J connectivity index is 0.000000136. The zero-order chi connectivity index (χ0) is 70.5. The van der Waals surface area contributed by atoms with Crippen LogP contribution in [0.4, 0.5) is 0 Å². The number of benzene rings is 14. The summed E-state index contributed by atoms with van der Waals surface area (Å²) in [5.41, 5.74) is 34.4. The second-order valence-electron chi connectivity index (χ2n) is 29.7. The molecular formula is C100H70N6. The molecule has 500 valence electrons. The van der Waals surface area contributed by atoms with E-state index >= 15 is 0 Å². The maximum atomic E-state index is 4.60. The number of para-hydroxylation sites is 2. The topological polar surface area (TPSA) is 45.5 Å². The molecule has 0 fully saturated rings. The van der Waals surface area contributed by atoms with Gasteiger partial charge in [-0.2, -0.15) is 0 Å². The van der Waals surface area contributed by atoms with Gasteiger partial charge in [-0.25, -0.2) is 0 Å². The number of hydrogen-bond donors (Lipinski definition) is 0. The normalized spacial score (nSPS) is 13.2. The minimum Gasteiger partial charge on any atom is -0.309 e. The highest BCUT2D eigenvalue weighted by atomic mass is 15.0.